The summed E-state index contributed by atoms with van der Waals surface area (Å²) >= 11 is 0. The quantitative estimate of drug-likeness (QED) is 0.186. The molecule has 0 amide bonds. The van der Waals surface area contributed by atoms with Gasteiger partial charge >= 0.3 is 23.9 Å². The van der Waals surface area contributed by atoms with Crippen molar-refractivity contribution in [2.24, 2.45) is 0 Å². The van der Waals surface area contributed by atoms with Crippen molar-refractivity contribution in [2.75, 3.05) is 13.5 Å². The van der Waals surface area contributed by atoms with Crippen molar-refractivity contribution < 1.29 is 55.3 Å². The highest BCUT2D eigenvalue weighted by molar-refractivity contribution is 7.88. The van der Waals surface area contributed by atoms with E-state index in [1.807, 2.05) is 0 Å². The molecule has 0 radical (unpaired) electrons. The SMILES string of the molecule is O=C(CC[C@H]1C(=O)OCN1S(=O)(=O)Cc1ccccc1)OOC(=O)CC[C@H]1C(=O)OCN1S(=O)(=O)Cc1ccccc1. The summed E-state index contributed by atoms with van der Waals surface area (Å²) in [6.07, 6.45) is -1.54. The van der Waals surface area contributed by atoms with Gasteiger partial charge in [0.05, 0.1) is 24.3 Å². The summed E-state index contributed by atoms with van der Waals surface area (Å²) in [5, 5.41) is 0. The van der Waals surface area contributed by atoms with Crippen LogP contribution in [0.15, 0.2) is 60.7 Å². The van der Waals surface area contributed by atoms with Crippen molar-refractivity contribution in [3.05, 3.63) is 71.8 Å². The fourth-order valence-corrected chi connectivity index (χ4v) is 7.50. The summed E-state index contributed by atoms with van der Waals surface area (Å²) in [4.78, 5) is 57.5. The zero-order valence-corrected chi connectivity index (χ0v) is 23.8. The molecular formula is C26H28N2O12S2. The Balaban J connectivity index is 1.23. The Morgan fingerprint density at radius 1 is 0.667 bits per heavy atom. The number of nitrogens with zero attached hydrogens (tertiary/aromatic N) is 2. The fourth-order valence-electron chi connectivity index (χ4n) is 4.35. The molecule has 2 aromatic rings. The standard InChI is InChI=1S/C26H28N2O12S2/c29-23(13-11-21-25(31)37-17-27(21)41(33,34)15-19-7-3-1-4-8-19)39-40-24(30)14-12-22-26(32)38-18-28(22)42(35,36)16-20-9-5-2-6-10-20/h1-10,21-22H,11-18H2/t21-,22-/m0/s1. The Morgan fingerprint density at radius 2 is 1.02 bits per heavy atom. The lowest BCUT2D eigenvalue weighted by Gasteiger charge is -2.19. The second kappa shape index (κ2) is 13.4. The summed E-state index contributed by atoms with van der Waals surface area (Å²) in [6, 6.07) is 14.1. The average molecular weight is 625 g/mol. The fraction of sp³-hybridized carbons (Fsp3) is 0.385. The minimum atomic E-state index is -3.96. The van der Waals surface area contributed by atoms with E-state index >= 15 is 0 Å². The van der Waals surface area contributed by atoms with E-state index in [2.05, 4.69) is 9.78 Å². The molecule has 0 aromatic heterocycles. The van der Waals surface area contributed by atoms with Gasteiger partial charge in [0, 0.05) is 0 Å². The van der Waals surface area contributed by atoms with Crippen molar-refractivity contribution in [3.8, 4) is 0 Å². The van der Waals surface area contributed by atoms with Crippen LogP contribution in [0.3, 0.4) is 0 Å². The van der Waals surface area contributed by atoms with Crippen molar-refractivity contribution in [1.82, 2.24) is 8.61 Å². The maximum Gasteiger partial charge on any atom is 0.355 e. The highest BCUT2D eigenvalue weighted by atomic mass is 32.2. The highest BCUT2D eigenvalue weighted by Gasteiger charge is 2.43. The van der Waals surface area contributed by atoms with Crippen LogP contribution >= 0.6 is 0 Å². The summed E-state index contributed by atoms with van der Waals surface area (Å²) < 4.78 is 62.8. The van der Waals surface area contributed by atoms with Crippen LogP contribution < -0.4 is 0 Å². The van der Waals surface area contributed by atoms with E-state index in [1.54, 1.807) is 60.7 Å². The molecule has 2 saturated heterocycles. The molecule has 4 rings (SSSR count). The first-order valence-corrected chi connectivity index (χ1v) is 16.0. The second-order valence-corrected chi connectivity index (χ2v) is 13.3. The topological polar surface area (TPSA) is 180 Å². The van der Waals surface area contributed by atoms with Gasteiger partial charge in [-0.1, -0.05) is 60.7 Å². The molecule has 2 fully saturated rings. The second-order valence-electron chi connectivity index (χ2n) is 9.46. The van der Waals surface area contributed by atoms with Crippen LogP contribution in [0, 0.1) is 0 Å². The molecule has 0 N–H and O–H groups in total. The monoisotopic (exact) mass is 624 g/mol. The number of esters is 2. The van der Waals surface area contributed by atoms with Gasteiger partial charge in [-0.25, -0.2) is 36.2 Å². The normalized spacial score (nSPS) is 19.7. The molecule has 14 nitrogen and oxygen atoms in total. The molecule has 2 atom stereocenters. The number of benzene rings is 2. The molecule has 16 heteroatoms. The van der Waals surface area contributed by atoms with Crippen molar-refractivity contribution >= 4 is 43.9 Å². The summed E-state index contributed by atoms with van der Waals surface area (Å²) in [5.74, 6) is -4.52. The van der Waals surface area contributed by atoms with E-state index in [4.69, 9.17) is 9.47 Å². The molecule has 2 aromatic carbocycles. The van der Waals surface area contributed by atoms with E-state index in [0.29, 0.717) is 11.1 Å². The van der Waals surface area contributed by atoms with Crippen LogP contribution in [0.4, 0.5) is 0 Å². The van der Waals surface area contributed by atoms with Crippen LogP contribution in [-0.2, 0) is 70.0 Å². The Bertz CT molecular complexity index is 1400. The maximum atomic E-state index is 12.8. The minimum absolute atomic E-state index is 0.286. The van der Waals surface area contributed by atoms with Gasteiger partial charge in [0.25, 0.3) is 0 Å². The molecule has 0 unspecified atom stereocenters. The van der Waals surface area contributed by atoms with E-state index in [9.17, 15) is 36.0 Å². The lowest BCUT2D eigenvalue weighted by molar-refractivity contribution is -0.259. The lowest BCUT2D eigenvalue weighted by Crippen LogP contribution is -2.39. The van der Waals surface area contributed by atoms with Crippen molar-refractivity contribution in [1.29, 1.82) is 0 Å². The number of ether oxygens (including phenoxy) is 2. The molecular weight excluding hydrogens is 596 g/mol. The van der Waals surface area contributed by atoms with Gasteiger partial charge in [0.1, 0.15) is 12.1 Å². The average Bonchev–Trinajstić information content (AvgIpc) is 3.52. The van der Waals surface area contributed by atoms with E-state index in [1.165, 1.54) is 0 Å². The predicted octanol–water partition coefficient (Wildman–Crippen LogP) is 0.978. The van der Waals surface area contributed by atoms with Crippen molar-refractivity contribution in [3.63, 3.8) is 0 Å². The van der Waals surface area contributed by atoms with Gasteiger partial charge in [-0.15, -0.1) is 0 Å². The number of carbonyl (C=O) groups is 4. The van der Waals surface area contributed by atoms with Gasteiger partial charge in [0.15, 0.2) is 13.5 Å². The van der Waals surface area contributed by atoms with Crippen LogP contribution in [0.5, 0.6) is 0 Å². The predicted molar refractivity (Wildman–Crippen MR) is 142 cm³/mol. The van der Waals surface area contributed by atoms with Gasteiger partial charge in [-0.05, 0) is 24.0 Å². The summed E-state index contributed by atoms with van der Waals surface area (Å²) in [6.45, 7) is -0.991. The summed E-state index contributed by atoms with van der Waals surface area (Å²) in [7, 11) is -7.91. The van der Waals surface area contributed by atoms with Gasteiger partial charge in [-0.3, -0.25) is 9.59 Å². The number of sulfonamides is 2. The largest absolute Gasteiger partial charge is 0.447 e. The number of hydrogen-bond donors (Lipinski definition) is 0. The first-order chi connectivity index (χ1) is 20.0. The number of cyclic esters (lactones) is 2. The third-order valence-electron chi connectivity index (χ3n) is 6.48. The number of rotatable bonds is 12. The maximum absolute atomic E-state index is 12.8. The Morgan fingerprint density at radius 3 is 1.38 bits per heavy atom. The first-order valence-electron chi connectivity index (χ1n) is 12.8. The van der Waals surface area contributed by atoms with Crippen molar-refractivity contribution in [2.45, 2.75) is 49.3 Å². The van der Waals surface area contributed by atoms with Crippen LogP contribution in [0.1, 0.15) is 36.8 Å². The number of hydrogen-bond acceptors (Lipinski definition) is 12. The van der Waals surface area contributed by atoms with Gasteiger partial charge in [0.2, 0.25) is 20.0 Å². The molecule has 42 heavy (non-hydrogen) atoms. The third-order valence-corrected chi connectivity index (χ3v) is 10.0. The molecule has 2 heterocycles. The van der Waals surface area contributed by atoms with Crippen LogP contribution in [-0.4, -0.2) is 74.9 Å². The Hall–Kier alpha value is -3.86. The Labute approximate surface area is 242 Å². The highest BCUT2D eigenvalue weighted by Crippen LogP contribution is 2.25. The zero-order valence-electron chi connectivity index (χ0n) is 22.2. The van der Waals surface area contributed by atoms with Crippen LogP contribution in [0.2, 0.25) is 0 Å². The first kappa shape index (κ1) is 31.1. The van der Waals surface area contributed by atoms with E-state index < -0.39 is 82.3 Å². The Kier molecular flexibility index (Phi) is 9.93. The van der Waals surface area contributed by atoms with E-state index in [0.717, 1.165) is 8.61 Å². The van der Waals surface area contributed by atoms with E-state index in [-0.39, 0.29) is 24.3 Å². The molecule has 0 spiro atoms. The zero-order chi connectivity index (χ0) is 30.3. The summed E-state index contributed by atoms with van der Waals surface area (Å²) in [5.41, 5.74) is 1.01. The van der Waals surface area contributed by atoms with Crippen LogP contribution in [0.25, 0.3) is 0 Å². The smallest absolute Gasteiger partial charge is 0.355 e. The third kappa shape index (κ3) is 7.90. The molecule has 2 aliphatic heterocycles. The molecule has 226 valence electrons. The van der Waals surface area contributed by atoms with Gasteiger partial charge in [-0.2, -0.15) is 8.61 Å². The van der Waals surface area contributed by atoms with Gasteiger partial charge < -0.3 is 9.47 Å². The molecule has 0 bridgehead atoms. The number of carbonyl (C=O) groups excluding carboxylic acids is 4. The molecule has 0 aliphatic carbocycles. The minimum Gasteiger partial charge on any atom is -0.447 e. The molecule has 0 saturated carbocycles. The molecule has 2 aliphatic rings. The lowest BCUT2D eigenvalue weighted by atomic mass is 10.2.